The number of benzene rings is 2. The van der Waals surface area contributed by atoms with Crippen molar-refractivity contribution in [2.75, 3.05) is 5.32 Å². The molecule has 6 heteroatoms. The largest absolute Gasteiger partial charge is 0.378 e. The van der Waals surface area contributed by atoms with E-state index in [1.807, 2.05) is 30.3 Å². The average molecular weight is 393 g/mol. The normalized spacial score (nSPS) is 16.1. The molecule has 1 saturated carbocycles. The topological polar surface area (TPSA) is 90.8 Å². The van der Waals surface area contributed by atoms with Gasteiger partial charge in [-0.05, 0) is 43.0 Å². The minimum atomic E-state index is -1.27. The number of hydrogen-bond donors (Lipinski definition) is 3. The lowest BCUT2D eigenvalue weighted by molar-refractivity contribution is -0.129. The first-order valence-electron chi connectivity index (χ1n) is 10.0. The van der Waals surface area contributed by atoms with Crippen molar-refractivity contribution in [2.45, 2.75) is 45.1 Å². The monoisotopic (exact) mass is 393 g/mol. The molecule has 0 radical (unpaired) electrons. The van der Waals surface area contributed by atoms with E-state index in [2.05, 4.69) is 15.8 Å². The van der Waals surface area contributed by atoms with Gasteiger partial charge in [-0.25, -0.2) is 5.43 Å². The highest BCUT2D eigenvalue weighted by Gasteiger charge is 2.21. The van der Waals surface area contributed by atoms with E-state index in [1.54, 1.807) is 31.2 Å². The summed E-state index contributed by atoms with van der Waals surface area (Å²) >= 11 is 0. The van der Waals surface area contributed by atoms with Gasteiger partial charge in [-0.1, -0.05) is 61.7 Å². The van der Waals surface area contributed by atoms with Gasteiger partial charge in [0, 0.05) is 11.6 Å². The first kappa shape index (κ1) is 20.7. The molecule has 1 fully saturated rings. The Hall–Kier alpha value is -2.99. The van der Waals surface area contributed by atoms with Crippen LogP contribution in [0, 0.1) is 5.92 Å². The van der Waals surface area contributed by atoms with Crippen LogP contribution in [0.2, 0.25) is 0 Å². The second kappa shape index (κ2) is 9.98. The molecule has 1 unspecified atom stereocenters. The maximum atomic E-state index is 12.3. The van der Waals surface area contributed by atoms with Crippen LogP contribution in [-0.4, -0.2) is 22.6 Å². The number of carbonyl (C=O) groups excluding carboxylic acids is 2. The molecule has 2 aromatic carbocycles. The van der Waals surface area contributed by atoms with Gasteiger partial charge in [-0.15, -0.1) is 0 Å². The number of rotatable bonds is 6. The van der Waals surface area contributed by atoms with E-state index in [0.717, 1.165) is 36.9 Å². The number of amides is 2. The van der Waals surface area contributed by atoms with Gasteiger partial charge in [0.15, 0.2) is 6.10 Å². The molecule has 152 valence electrons. The van der Waals surface area contributed by atoms with E-state index in [-0.39, 0.29) is 11.8 Å². The highest BCUT2D eigenvalue weighted by molar-refractivity contribution is 6.00. The maximum absolute atomic E-state index is 12.3. The van der Waals surface area contributed by atoms with Crippen molar-refractivity contribution in [3.8, 4) is 0 Å². The number of hydrazone groups is 1. The van der Waals surface area contributed by atoms with Crippen LogP contribution in [0.25, 0.3) is 0 Å². The SMILES string of the molecule is C/C(=N/NC(=O)C(O)c1ccccc1)c1ccc(NC(=O)C2CCCCC2)cc1. The fourth-order valence-corrected chi connectivity index (χ4v) is 3.46. The quantitative estimate of drug-likeness (QED) is 0.515. The molecule has 1 atom stereocenters. The second-order valence-electron chi connectivity index (χ2n) is 7.39. The molecular formula is C23H27N3O3. The third-order valence-electron chi connectivity index (χ3n) is 5.24. The summed E-state index contributed by atoms with van der Waals surface area (Å²) in [5.41, 5.74) is 5.07. The number of carbonyl (C=O) groups is 2. The van der Waals surface area contributed by atoms with E-state index in [4.69, 9.17) is 0 Å². The summed E-state index contributed by atoms with van der Waals surface area (Å²) in [6, 6.07) is 16.0. The smallest absolute Gasteiger partial charge is 0.273 e. The van der Waals surface area contributed by atoms with Gasteiger partial charge in [0.2, 0.25) is 5.91 Å². The van der Waals surface area contributed by atoms with Crippen molar-refractivity contribution in [2.24, 2.45) is 11.0 Å². The first-order chi connectivity index (χ1) is 14.0. The molecule has 1 aliphatic rings. The van der Waals surface area contributed by atoms with Gasteiger partial charge in [-0.2, -0.15) is 5.10 Å². The molecule has 0 saturated heterocycles. The second-order valence-corrected chi connectivity index (χ2v) is 7.39. The predicted molar refractivity (Wildman–Crippen MR) is 113 cm³/mol. The number of aliphatic hydroxyl groups is 1. The highest BCUT2D eigenvalue weighted by atomic mass is 16.3. The average Bonchev–Trinajstić information content (AvgIpc) is 2.78. The number of nitrogens with one attached hydrogen (secondary N) is 2. The Bertz CT molecular complexity index is 857. The molecule has 3 rings (SSSR count). The zero-order valence-corrected chi connectivity index (χ0v) is 16.6. The summed E-state index contributed by atoms with van der Waals surface area (Å²) in [6.07, 6.45) is 4.12. The molecule has 3 N–H and O–H groups in total. The van der Waals surface area contributed by atoms with Gasteiger partial charge in [0.05, 0.1) is 5.71 Å². The van der Waals surface area contributed by atoms with Crippen LogP contribution in [0.5, 0.6) is 0 Å². The standard InChI is InChI=1S/C23H27N3O3/c1-16(25-26-23(29)21(27)18-8-4-2-5-9-18)17-12-14-20(15-13-17)24-22(28)19-10-6-3-7-11-19/h2,4-5,8-9,12-15,19,21,27H,3,6-7,10-11H2,1H3,(H,24,28)(H,26,29)/b25-16-. The van der Waals surface area contributed by atoms with Gasteiger partial charge in [0.1, 0.15) is 0 Å². The van der Waals surface area contributed by atoms with Crippen LogP contribution < -0.4 is 10.7 Å². The van der Waals surface area contributed by atoms with Crippen molar-refractivity contribution in [1.82, 2.24) is 5.43 Å². The van der Waals surface area contributed by atoms with Crippen LogP contribution in [0.4, 0.5) is 5.69 Å². The third-order valence-corrected chi connectivity index (χ3v) is 5.24. The number of hydrogen-bond acceptors (Lipinski definition) is 4. The first-order valence-corrected chi connectivity index (χ1v) is 10.0. The van der Waals surface area contributed by atoms with Gasteiger partial charge < -0.3 is 10.4 Å². The summed E-state index contributed by atoms with van der Waals surface area (Å²) in [7, 11) is 0. The van der Waals surface area contributed by atoms with Crippen LogP contribution >= 0.6 is 0 Å². The molecule has 0 aromatic heterocycles. The van der Waals surface area contributed by atoms with E-state index >= 15 is 0 Å². The zero-order chi connectivity index (χ0) is 20.6. The summed E-state index contributed by atoms with van der Waals surface area (Å²) in [5, 5.41) is 17.1. The summed E-state index contributed by atoms with van der Waals surface area (Å²) in [5.74, 6) is -0.394. The lowest BCUT2D eigenvalue weighted by Crippen LogP contribution is -2.26. The van der Waals surface area contributed by atoms with E-state index in [9.17, 15) is 14.7 Å². The fraction of sp³-hybridized carbons (Fsp3) is 0.348. The highest BCUT2D eigenvalue weighted by Crippen LogP contribution is 2.25. The predicted octanol–water partition coefficient (Wildman–Crippen LogP) is 3.78. The lowest BCUT2D eigenvalue weighted by Gasteiger charge is -2.20. The number of aliphatic hydroxyl groups excluding tert-OH is 1. The molecular weight excluding hydrogens is 366 g/mol. The molecule has 0 bridgehead atoms. The van der Waals surface area contributed by atoms with Gasteiger partial charge in [-0.3, -0.25) is 9.59 Å². The maximum Gasteiger partial charge on any atom is 0.273 e. The third kappa shape index (κ3) is 5.74. The Kier molecular flexibility index (Phi) is 7.14. The Morgan fingerprint density at radius 2 is 1.66 bits per heavy atom. The van der Waals surface area contributed by atoms with Crippen molar-refractivity contribution < 1.29 is 14.7 Å². The van der Waals surface area contributed by atoms with Crippen molar-refractivity contribution >= 4 is 23.2 Å². The Morgan fingerprint density at radius 3 is 2.31 bits per heavy atom. The Labute approximate surface area is 171 Å². The molecule has 29 heavy (non-hydrogen) atoms. The number of anilines is 1. The van der Waals surface area contributed by atoms with Gasteiger partial charge in [0.25, 0.3) is 5.91 Å². The molecule has 0 heterocycles. The minimum absolute atomic E-state index is 0.0880. The zero-order valence-electron chi connectivity index (χ0n) is 16.6. The minimum Gasteiger partial charge on any atom is -0.378 e. The molecule has 1 aliphatic carbocycles. The molecule has 2 amide bonds. The molecule has 6 nitrogen and oxygen atoms in total. The summed E-state index contributed by atoms with van der Waals surface area (Å²) in [6.45, 7) is 1.77. The number of nitrogens with zero attached hydrogens (tertiary/aromatic N) is 1. The van der Waals surface area contributed by atoms with E-state index < -0.39 is 12.0 Å². The van der Waals surface area contributed by atoms with Gasteiger partial charge >= 0.3 is 0 Å². The molecule has 2 aromatic rings. The van der Waals surface area contributed by atoms with Crippen molar-refractivity contribution in [3.63, 3.8) is 0 Å². The molecule has 0 aliphatic heterocycles. The van der Waals surface area contributed by atoms with Crippen molar-refractivity contribution in [3.05, 3.63) is 65.7 Å². The summed E-state index contributed by atoms with van der Waals surface area (Å²) < 4.78 is 0. The van der Waals surface area contributed by atoms with Crippen LogP contribution in [-0.2, 0) is 9.59 Å². The van der Waals surface area contributed by atoms with E-state index in [0.29, 0.717) is 11.3 Å². The van der Waals surface area contributed by atoms with E-state index in [1.165, 1.54) is 6.42 Å². The van der Waals surface area contributed by atoms with Crippen molar-refractivity contribution in [1.29, 1.82) is 0 Å². The van der Waals surface area contributed by atoms with Crippen LogP contribution in [0.1, 0.15) is 56.3 Å². The Morgan fingerprint density at radius 1 is 1.00 bits per heavy atom. The summed E-state index contributed by atoms with van der Waals surface area (Å²) in [4.78, 5) is 24.4. The molecule has 0 spiro atoms. The lowest BCUT2D eigenvalue weighted by atomic mass is 9.88. The Balaban J connectivity index is 1.55. The fourth-order valence-electron chi connectivity index (χ4n) is 3.46. The van der Waals surface area contributed by atoms with Crippen LogP contribution in [0.3, 0.4) is 0 Å². The van der Waals surface area contributed by atoms with Crippen LogP contribution in [0.15, 0.2) is 59.7 Å².